The second-order valence-corrected chi connectivity index (χ2v) is 5.60. The second-order valence-electron chi connectivity index (χ2n) is 4.79. The van der Waals surface area contributed by atoms with E-state index in [0.717, 1.165) is 0 Å². The molecule has 1 aliphatic heterocycles. The molecule has 6 heteroatoms. The van der Waals surface area contributed by atoms with Gasteiger partial charge in [-0.3, -0.25) is 4.79 Å². The maximum absolute atomic E-state index is 11.9. The molecule has 1 saturated heterocycles. The largest absolute Gasteiger partial charge is 0.349 e. The molecule has 19 heavy (non-hydrogen) atoms. The number of nitrogens with one attached hydrogen (secondary N) is 1. The van der Waals surface area contributed by atoms with Gasteiger partial charge in [-0.05, 0) is 32.0 Å². The number of hydrogen-bond acceptors (Lipinski definition) is 3. The normalized spacial score (nSPS) is 21.4. The maximum Gasteiger partial charge on any atom is 0.251 e. The summed E-state index contributed by atoms with van der Waals surface area (Å²) >= 11 is 11.7. The van der Waals surface area contributed by atoms with Crippen LogP contribution in [0.15, 0.2) is 18.2 Å². The van der Waals surface area contributed by atoms with Crippen molar-refractivity contribution in [2.24, 2.45) is 0 Å². The first-order chi connectivity index (χ1) is 8.87. The van der Waals surface area contributed by atoms with Crippen LogP contribution in [-0.2, 0) is 9.47 Å². The van der Waals surface area contributed by atoms with Gasteiger partial charge >= 0.3 is 0 Å². The Morgan fingerprint density at radius 3 is 2.74 bits per heavy atom. The van der Waals surface area contributed by atoms with Crippen molar-refractivity contribution in [3.8, 4) is 0 Å². The summed E-state index contributed by atoms with van der Waals surface area (Å²) in [6.45, 7) is 4.54. The van der Waals surface area contributed by atoms with Gasteiger partial charge in [0.2, 0.25) is 0 Å². The van der Waals surface area contributed by atoms with Gasteiger partial charge in [-0.15, -0.1) is 0 Å². The molecule has 0 saturated carbocycles. The minimum absolute atomic E-state index is 0.137. The SMILES string of the molecule is CC1(C)OCC(CNC(=O)c2ccc(Cl)c(Cl)c2)O1. The molecule has 1 fully saturated rings. The van der Waals surface area contributed by atoms with Crippen LogP contribution in [0, 0.1) is 0 Å². The summed E-state index contributed by atoms with van der Waals surface area (Å²) in [5, 5.41) is 3.56. The summed E-state index contributed by atoms with van der Waals surface area (Å²) in [6.07, 6.45) is -0.137. The molecule has 104 valence electrons. The van der Waals surface area contributed by atoms with E-state index in [9.17, 15) is 4.79 Å². The van der Waals surface area contributed by atoms with Gasteiger partial charge < -0.3 is 14.8 Å². The number of rotatable bonds is 3. The minimum Gasteiger partial charge on any atom is -0.349 e. The first-order valence-electron chi connectivity index (χ1n) is 5.92. The fourth-order valence-corrected chi connectivity index (χ4v) is 2.11. The van der Waals surface area contributed by atoms with Gasteiger partial charge in [0.15, 0.2) is 5.79 Å². The van der Waals surface area contributed by atoms with Crippen LogP contribution in [-0.4, -0.2) is 30.9 Å². The molecule has 2 rings (SSSR count). The molecule has 1 unspecified atom stereocenters. The molecular formula is C13H15Cl2NO3. The highest BCUT2D eigenvalue weighted by atomic mass is 35.5. The lowest BCUT2D eigenvalue weighted by Crippen LogP contribution is -2.34. The van der Waals surface area contributed by atoms with Crippen LogP contribution in [0.25, 0.3) is 0 Å². The molecule has 1 aromatic rings. The molecule has 1 aromatic carbocycles. The fraction of sp³-hybridized carbons (Fsp3) is 0.462. The molecule has 1 amide bonds. The van der Waals surface area contributed by atoms with Gasteiger partial charge in [0.25, 0.3) is 5.91 Å². The third-order valence-electron chi connectivity index (χ3n) is 2.74. The number of carbonyl (C=O) groups is 1. The van der Waals surface area contributed by atoms with E-state index >= 15 is 0 Å². The van der Waals surface area contributed by atoms with Gasteiger partial charge in [0.1, 0.15) is 6.10 Å². The lowest BCUT2D eigenvalue weighted by molar-refractivity contribution is -0.137. The van der Waals surface area contributed by atoms with Crippen LogP contribution >= 0.6 is 23.2 Å². The van der Waals surface area contributed by atoms with E-state index in [0.29, 0.717) is 28.8 Å². The Morgan fingerprint density at radius 1 is 1.42 bits per heavy atom. The molecule has 1 aliphatic rings. The summed E-state index contributed by atoms with van der Waals surface area (Å²) < 4.78 is 11.0. The van der Waals surface area contributed by atoms with E-state index in [1.807, 2.05) is 13.8 Å². The van der Waals surface area contributed by atoms with Crippen LogP contribution in [0.1, 0.15) is 24.2 Å². The molecule has 0 aromatic heterocycles. The van der Waals surface area contributed by atoms with E-state index in [4.69, 9.17) is 32.7 Å². The summed E-state index contributed by atoms with van der Waals surface area (Å²) in [5.74, 6) is -0.800. The zero-order chi connectivity index (χ0) is 14.0. The molecule has 1 heterocycles. The Hall–Kier alpha value is -0.810. The number of hydrogen-bond donors (Lipinski definition) is 1. The molecule has 1 atom stereocenters. The van der Waals surface area contributed by atoms with Gasteiger partial charge in [0.05, 0.1) is 16.7 Å². The highest BCUT2D eigenvalue weighted by Crippen LogP contribution is 2.23. The van der Waals surface area contributed by atoms with Gasteiger partial charge in [0, 0.05) is 12.1 Å². The number of benzene rings is 1. The van der Waals surface area contributed by atoms with E-state index in [1.165, 1.54) is 6.07 Å². The third-order valence-corrected chi connectivity index (χ3v) is 3.48. The van der Waals surface area contributed by atoms with Crippen LogP contribution in [0.5, 0.6) is 0 Å². The molecule has 0 radical (unpaired) electrons. The average Bonchev–Trinajstić information content (AvgIpc) is 2.69. The van der Waals surface area contributed by atoms with Crippen molar-refractivity contribution < 1.29 is 14.3 Å². The lowest BCUT2D eigenvalue weighted by atomic mass is 10.2. The van der Waals surface area contributed by atoms with E-state index in [1.54, 1.807) is 12.1 Å². The summed E-state index contributed by atoms with van der Waals surface area (Å²) in [6, 6.07) is 4.76. The lowest BCUT2D eigenvalue weighted by Gasteiger charge is -2.17. The van der Waals surface area contributed by atoms with Crippen molar-refractivity contribution in [1.82, 2.24) is 5.32 Å². The smallest absolute Gasteiger partial charge is 0.251 e. The maximum atomic E-state index is 11.9. The quantitative estimate of drug-likeness (QED) is 0.934. The zero-order valence-corrected chi connectivity index (χ0v) is 12.2. The highest BCUT2D eigenvalue weighted by molar-refractivity contribution is 6.42. The van der Waals surface area contributed by atoms with Crippen LogP contribution in [0.4, 0.5) is 0 Å². The molecule has 0 bridgehead atoms. The van der Waals surface area contributed by atoms with Crippen molar-refractivity contribution in [3.05, 3.63) is 33.8 Å². The number of carbonyl (C=O) groups excluding carboxylic acids is 1. The molecule has 4 nitrogen and oxygen atoms in total. The standard InChI is InChI=1S/C13H15Cl2NO3/c1-13(2)18-7-9(19-13)6-16-12(17)8-3-4-10(14)11(15)5-8/h3-5,9H,6-7H2,1-2H3,(H,16,17). The van der Waals surface area contributed by atoms with Crippen LogP contribution in [0.2, 0.25) is 10.0 Å². The Bertz CT molecular complexity index is 491. The minimum atomic E-state index is -0.584. The highest BCUT2D eigenvalue weighted by Gasteiger charge is 2.32. The topological polar surface area (TPSA) is 47.6 Å². The number of amides is 1. The summed E-state index contributed by atoms with van der Waals surface area (Å²) in [4.78, 5) is 11.9. The van der Waals surface area contributed by atoms with Crippen molar-refractivity contribution in [3.63, 3.8) is 0 Å². The van der Waals surface area contributed by atoms with Crippen LogP contribution < -0.4 is 5.32 Å². The number of halogens is 2. The first kappa shape index (κ1) is 14.6. The molecule has 0 spiro atoms. The van der Waals surface area contributed by atoms with E-state index < -0.39 is 5.79 Å². The van der Waals surface area contributed by atoms with Crippen molar-refractivity contribution in [2.45, 2.75) is 25.7 Å². The van der Waals surface area contributed by atoms with E-state index in [2.05, 4.69) is 5.32 Å². The Morgan fingerprint density at radius 2 is 2.16 bits per heavy atom. The Balaban J connectivity index is 1.89. The van der Waals surface area contributed by atoms with Crippen molar-refractivity contribution in [1.29, 1.82) is 0 Å². The third kappa shape index (κ3) is 3.83. The Kier molecular flexibility index (Phi) is 4.36. The van der Waals surface area contributed by atoms with Crippen LogP contribution in [0.3, 0.4) is 0 Å². The molecule has 1 N–H and O–H groups in total. The number of ether oxygens (including phenoxy) is 2. The first-order valence-corrected chi connectivity index (χ1v) is 6.68. The monoisotopic (exact) mass is 303 g/mol. The van der Waals surface area contributed by atoms with Crippen molar-refractivity contribution >= 4 is 29.1 Å². The van der Waals surface area contributed by atoms with Crippen molar-refractivity contribution in [2.75, 3.05) is 13.2 Å². The molecule has 0 aliphatic carbocycles. The average molecular weight is 304 g/mol. The second kappa shape index (κ2) is 5.67. The summed E-state index contributed by atoms with van der Waals surface area (Å²) in [5.41, 5.74) is 0.465. The zero-order valence-electron chi connectivity index (χ0n) is 10.7. The van der Waals surface area contributed by atoms with E-state index in [-0.39, 0.29) is 12.0 Å². The van der Waals surface area contributed by atoms with Gasteiger partial charge in [-0.2, -0.15) is 0 Å². The molecular weight excluding hydrogens is 289 g/mol. The van der Waals surface area contributed by atoms with Gasteiger partial charge in [-0.25, -0.2) is 0 Å². The Labute approximate surface area is 122 Å². The predicted octanol–water partition coefficient (Wildman–Crippen LogP) is 2.87. The van der Waals surface area contributed by atoms with Gasteiger partial charge in [-0.1, -0.05) is 23.2 Å². The predicted molar refractivity (Wildman–Crippen MR) is 73.7 cm³/mol. The fourth-order valence-electron chi connectivity index (χ4n) is 1.81. The summed E-state index contributed by atoms with van der Waals surface area (Å²) in [7, 11) is 0.